The predicted octanol–water partition coefficient (Wildman–Crippen LogP) is 1.93. The normalized spacial score (nSPS) is 24.3. The molecular formula is C12H20N2. The van der Waals surface area contributed by atoms with Crippen molar-refractivity contribution >= 4 is 0 Å². The highest BCUT2D eigenvalue weighted by atomic mass is 15.2. The van der Waals surface area contributed by atoms with Gasteiger partial charge in [0.15, 0.2) is 0 Å². The van der Waals surface area contributed by atoms with E-state index < -0.39 is 0 Å². The molecule has 1 atom stereocenters. The van der Waals surface area contributed by atoms with Crippen molar-refractivity contribution in [2.75, 3.05) is 19.6 Å². The lowest BCUT2D eigenvalue weighted by Gasteiger charge is -2.36. The van der Waals surface area contributed by atoms with Gasteiger partial charge in [-0.2, -0.15) is 0 Å². The quantitative estimate of drug-likeness (QED) is 0.687. The summed E-state index contributed by atoms with van der Waals surface area (Å²) in [6, 6.07) is 0.554. The number of rotatable bonds is 3. The first-order valence-corrected chi connectivity index (χ1v) is 5.22. The smallest absolute Gasteiger partial charge is 0.0386 e. The molecule has 1 aliphatic rings. The number of hydrogen-bond donors (Lipinski definition) is 1. The van der Waals surface area contributed by atoms with Crippen LogP contribution in [0.3, 0.4) is 0 Å². The summed E-state index contributed by atoms with van der Waals surface area (Å²) in [5.41, 5.74) is 1.22. The minimum absolute atomic E-state index is 0.554. The maximum absolute atomic E-state index is 3.86. The largest absolute Gasteiger partial charge is 0.366 e. The SMILES string of the molecule is C=C/C(=C\C=C/C)N1CCNCC1C. The zero-order valence-corrected chi connectivity index (χ0v) is 9.16. The van der Waals surface area contributed by atoms with Gasteiger partial charge < -0.3 is 10.2 Å². The summed E-state index contributed by atoms with van der Waals surface area (Å²) in [5, 5.41) is 3.38. The van der Waals surface area contributed by atoms with Crippen LogP contribution < -0.4 is 5.32 Å². The van der Waals surface area contributed by atoms with E-state index in [2.05, 4.69) is 35.9 Å². The molecule has 0 aromatic carbocycles. The van der Waals surface area contributed by atoms with Gasteiger partial charge >= 0.3 is 0 Å². The number of nitrogens with zero attached hydrogens (tertiary/aromatic N) is 1. The maximum Gasteiger partial charge on any atom is 0.0386 e. The Labute approximate surface area is 87.0 Å². The zero-order chi connectivity index (χ0) is 10.4. The Kier molecular flexibility index (Phi) is 4.47. The molecule has 1 aliphatic heterocycles. The molecule has 1 rings (SSSR count). The van der Waals surface area contributed by atoms with Crippen molar-refractivity contribution in [1.82, 2.24) is 10.2 Å². The van der Waals surface area contributed by atoms with Gasteiger partial charge in [0.25, 0.3) is 0 Å². The molecule has 1 fully saturated rings. The molecule has 0 saturated carbocycles. The van der Waals surface area contributed by atoms with Crippen LogP contribution in [0, 0.1) is 0 Å². The topological polar surface area (TPSA) is 15.3 Å². The lowest BCUT2D eigenvalue weighted by molar-refractivity contribution is 0.230. The molecule has 0 radical (unpaired) electrons. The molecule has 0 aromatic rings. The zero-order valence-electron chi connectivity index (χ0n) is 9.16. The Morgan fingerprint density at radius 2 is 2.36 bits per heavy atom. The van der Waals surface area contributed by atoms with Crippen LogP contribution in [0.4, 0.5) is 0 Å². The summed E-state index contributed by atoms with van der Waals surface area (Å²) in [4.78, 5) is 2.39. The van der Waals surface area contributed by atoms with Crippen LogP contribution in [-0.2, 0) is 0 Å². The standard InChI is InChI=1S/C12H20N2/c1-4-6-7-12(5-2)14-9-8-13-10-11(14)3/h4-7,11,13H,2,8-10H2,1,3H3/b6-4-,12-7+. The Hall–Kier alpha value is -1.02. The fourth-order valence-electron chi connectivity index (χ4n) is 1.70. The second-order valence-corrected chi connectivity index (χ2v) is 3.57. The van der Waals surface area contributed by atoms with Crippen molar-refractivity contribution in [2.24, 2.45) is 0 Å². The molecule has 0 spiro atoms. The maximum atomic E-state index is 3.86. The van der Waals surface area contributed by atoms with Crippen LogP contribution in [0.2, 0.25) is 0 Å². The van der Waals surface area contributed by atoms with Crippen LogP contribution in [-0.4, -0.2) is 30.6 Å². The van der Waals surface area contributed by atoms with Crippen molar-refractivity contribution < 1.29 is 0 Å². The van der Waals surface area contributed by atoms with Crippen molar-refractivity contribution in [1.29, 1.82) is 0 Å². The van der Waals surface area contributed by atoms with Crippen molar-refractivity contribution in [3.05, 3.63) is 36.6 Å². The Morgan fingerprint density at radius 1 is 1.57 bits per heavy atom. The number of nitrogens with one attached hydrogen (secondary N) is 1. The van der Waals surface area contributed by atoms with Gasteiger partial charge in [0, 0.05) is 31.4 Å². The summed E-state index contributed by atoms with van der Waals surface area (Å²) < 4.78 is 0. The van der Waals surface area contributed by atoms with Gasteiger partial charge in [0.05, 0.1) is 0 Å². The highest BCUT2D eigenvalue weighted by Gasteiger charge is 2.17. The van der Waals surface area contributed by atoms with Gasteiger partial charge in [0.1, 0.15) is 0 Å². The molecule has 1 saturated heterocycles. The molecular weight excluding hydrogens is 172 g/mol. The average Bonchev–Trinajstić information content (AvgIpc) is 2.21. The minimum atomic E-state index is 0.554. The van der Waals surface area contributed by atoms with Gasteiger partial charge in [0.2, 0.25) is 0 Å². The van der Waals surface area contributed by atoms with Crippen molar-refractivity contribution in [3.8, 4) is 0 Å². The lowest BCUT2D eigenvalue weighted by Crippen LogP contribution is -2.48. The first-order chi connectivity index (χ1) is 6.79. The third-order valence-electron chi connectivity index (χ3n) is 2.50. The molecule has 0 amide bonds. The molecule has 2 nitrogen and oxygen atoms in total. The minimum Gasteiger partial charge on any atom is -0.366 e. The van der Waals surface area contributed by atoms with Crippen LogP contribution in [0.15, 0.2) is 36.6 Å². The predicted molar refractivity (Wildman–Crippen MR) is 62.1 cm³/mol. The van der Waals surface area contributed by atoms with E-state index in [9.17, 15) is 0 Å². The molecule has 14 heavy (non-hydrogen) atoms. The third-order valence-corrected chi connectivity index (χ3v) is 2.50. The Morgan fingerprint density at radius 3 is 2.93 bits per heavy atom. The number of piperazine rings is 1. The van der Waals surface area contributed by atoms with Gasteiger partial charge in [-0.1, -0.05) is 18.7 Å². The molecule has 0 aromatic heterocycles. The first-order valence-electron chi connectivity index (χ1n) is 5.22. The first kappa shape index (κ1) is 11.1. The monoisotopic (exact) mass is 192 g/mol. The Balaban J connectivity index is 2.71. The molecule has 1 heterocycles. The summed E-state index contributed by atoms with van der Waals surface area (Å²) in [6.07, 6.45) is 8.15. The summed E-state index contributed by atoms with van der Waals surface area (Å²) in [6.45, 7) is 11.3. The number of allylic oxidation sites excluding steroid dienone is 4. The highest BCUT2D eigenvalue weighted by Crippen LogP contribution is 2.12. The second-order valence-electron chi connectivity index (χ2n) is 3.57. The van der Waals surface area contributed by atoms with E-state index in [4.69, 9.17) is 0 Å². The lowest BCUT2D eigenvalue weighted by atomic mass is 10.2. The second kappa shape index (κ2) is 5.66. The van der Waals surface area contributed by atoms with E-state index in [0.29, 0.717) is 6.04 Å². The average molecular weight is 192 g/mol. The summed E-state index contributed by atoms with van der Waals surface area (Å²) >= 11 is 0. The van der Waals surface area contributed by atoms with Crippen LogP contribution in [0.1, 0.15) is 13.8 Å². The fourth-order valence-corrected chi connectivity index (χ4v) is 1.70. The molecule has 1 unspecified atom stereocenters. The van der Waals surface area contributed by atoms with Gasteiger partial charge in [-0.15, -0.1) is 0 Å². The fraction of sp³-hybridized carbons (Fsp3) is 0.500. The van der Waals surface area contributed by atoms with Crippen molar-refractivity contribution in [2.45, 2.75) is 19.9 Å². The van der Waals surface area contributed by atoms with E-state index in [1.165, 1.54) is 5.70 Å². The van der Waals surface area contributed by atoms with Crippen LogP contribution in [0.5, 0.6) is 0 Å². The van der Waals surface area contributed by atoms with Crippen molar-refractivity contribution in [3.63, 3.8) is 0 Å². The molecule has 1 N–H and O–H groups in total. The van der Waals surface area contributed by atoms with Crippen LogP contribution >= 0.6 is 0 Å². The van der Waals surface area contributed by atoms with E-state index in [-0.39, 0.29) is 0 Å². The van der Waals surface area contributed by atoms with Gasteiger partial charge in [-0.3, -0.25) is 0 Å². The summed E-state index contributed by atoms with van der Waals surface area (Å²) in [7, 11) is 0. The molecule has 0 aliphatic carbocycles. The van der Waals surface area contributed by atoms with Gasteiger partial charge in [-0.25, -0.2) is 0 Å². The Bertz CT molecular complexity index is 241. The molecule has 0 bridgehead atoms. The van der Waals surface area contributed by atoms with Crippen LogP contribution in [0.25, 0.3) is 0 Å². The van der Waals surface area contributed by atoms with E-state index in [1.54, 1.807) is 0 Å². The highest BCUT2D eigenvalue weighted by molar-refractivity contribution is 5.22. The van der Waals surface area contributed by atoms with E-state index in [0.717, 1.165) is 19.6 Å². The van der Waals surface area contributed by atoms with E-state index >= 15 is 0 Å². The number of hydrogen-bond acceptors (Lipinski definition) is 2. The third kappa shape index (κ3) is 2.74. The van der Waals surface area contributed by atoms with E-state index in [1.807, 2.05) is 19.1 Å². The molecule has 78 valence electrons. The summed E-state index contributed by atoms with van der Waals surface area (Å²) in [5.74, 6) is 0. The molecule has 2 heteroatoms. The van der Waals surface area contributed by atoms with Gasteiger partial charge in [-0.05, 0) is 26.0 Å².